The van der Waals surface area contributed by atoms with Gasteiger partial charge in [-0.1, -0.05) is 6.42 Å². The number of hydrogen-bond acceptors (Lipinski definition) is 2. The molecule has 0 radical (unpaired) electrons. The predicted octanol–water partition coefficient (Wildman–Crippen LogP) is 1.94. The number of hydrogen-bond donors (Lipinski definition) is 1. The molecule has 1 N–H and O–H groups in total. The summed E-state index contributed by atoms with van der Waals surface area (Å²) in [5.74, 6) is 0.705. The lowest BCUT2D eigenvalue weighted by Crippen LogP contribution is -2.60. The van der Waals surface area contributed by atoms with Crippen molar-refractivity contribution in [2.75, 3.05) is 13.1 Å². The largest absolute Gasteiger partial charge is 0.390 e. The fourth-order valence-corrected chi connectivity index (χ4v) is 3.70. The number of aliphatic hydroxyl groups is 1. The summed E-state index contributed by atoms with van der Waals surface area (Å²) in [5.41, 5.74) is -0.345. The summed E-state index contributed by atoms with van der Waals surface area (Å²) in [5, 5.41) is 10.3. The molecule has 17 heavy (non-hydrogen) atoms. The van der Waals surface area contributed by atoms with Crippen LogP contribution in [0.15, 0.2) is 0 Å². The van der Waals surface area contributed by atoms with E-state index in [1.54, 1.807) is 0 Å². The van der Waals surface area contributed by atoms with Crippen molar-refractivity contribution in [3.8, 4) is 0 Å². The van der Waals surface area contributed by atoms with Crippen molar-refractivity contribution in [2.45, 2.75) is 57.5 Å². The molecule has 1 spiro atoms. The molecular formula is C14H23NO2. The van der Waals surface area contributed by atoms with Crippen LogP contribution in [0.1, 0.15) is 51.9 Å². The highest BCUT2D eigenvalue weighted by Gasteiger charge is 2.56. The van der Waals surface area contributed by atoms with Crippen LogP contribution in [0.5, 0.6) is 0 Å². The molecule has 1 aliphatic heterocycles. The van der Waals surface area contributed by atoms with Gasteiger partial charge in [-0.2, -0.15) is 0 Å². The van der Waals surface area contributed by atoms with E-state index in [0.29, 0.717) is 11.8 Å². The molecule has 3 rings (SSSR count). The Hall–Kier alpha value is -0.570. The second kappa shape index (κ2) is 3.71. The Labute approximate surface area is 103 Å². The molecule has 3 heteroatoms. The van der Waals surface area contributed by atoms with Crippen LogP contribution in [0.3, 0.4) is 0 Å². The van der Waals surface area contributed by atoms with E-state index in [1.165, 1.54) is 6.42 Å². The third-order valence-electron chi connectivity index (χ3n) is 5.72. The molecule has 1 unspecified atom stereocenters. The summed E-state index contributed by atoms with van der Waals surface area (Å²) in [6, 6.07) is 0. The van der Waals surface area contributed by atoms with E-state index in [-0.39, 0.29) is 5.41 Å². The van der Waals surface area contributed by atoms with Crippen molar-refractivity contribution >= 4 is 5.91 Å². The first-order valence-corrected chi connectivity index (χ1v) is 7.05. The van der Waals surface area contributed by atoms with Crippen LogP contribution < -0.4 is 0 Å². The summed E-state index contributed by atoms with van der Waals surface area (Å²) in [7, 11) is 0. The van der Waals surface area contributed by atoms with E-state index in [1.807, 2.05) is 11.8 Å². The Bertz CT molecular complexity index is 325. The smallest absolute Gasteiger partial charge is 0.225 e. The zero-order valence-electron chi connectivity index (χ0n) is 10.7. The van der Waals surface area contributed by atoms with Crippen LogP contribution in [0, 0.1) is 11.3 Å². The van der Waals surface area contributed by atoms with Gasteiger partial charge in [-0.3, -0.25) is 4.79 Å². The molecular weight excluding hydrogens is 214 g/mol. The lowest BCUT2D eigenvalue weighted by atomic mass is 9.53. The van der Waals surface area contributed by atoms with E-state index in [0.717, 1.165) is 51.6 Å². The van der Waals surface area contributed by atoms with Gasteiger partial charge < -0.3 is 10.0 Å². The monoisotopic (exact) mass is 237 g/mol. The second-order valence-electron chi connectivity index (χ2n) is 6.51. The average Bonchev–Trinajstić information content (AvgIpc) is 2.25. The van der Waals surface area contributed by atoms with Crippen molar-refractivity contribution in [1.82, 2.24) is 4.90 Å². The summed E-state index contributed by atoms with van der Waals surface area (Å²) in [6.07, 6.45) is 7.49. The van der Waals surface area contributed by atoms with Crippen molar-refractivity contribution in [3.63, 3.8) is 0 Å². The summed E-state index contributed by atoms with van der Waals surface area (Å²) >= 11 is 0. The normalized spacial score (nSPS) is 36.5. The number of carbonyl (C=O) groups excluding carboxylic acids is 1. The van der Waals surface area contributed by atoms with E-state index < -0.39 is 5.60 Å². The molecule has 0 aromatic rings. The Balaban J connectivity index is 1.59. The Morgan fingerprint density at radius 1 is 1.18 bits per heavy atom. The SMILES string of the molecule is CC1(O)CCC12CCN(C(=O)C1CCC1)CC2. The average molecular weight is 237 g/mol. The van der Waals surface area contributed by atoms with Crippen LogP contribution in [-0.2, 0) is 4.79 Å². The van der Waals surface area contributed by atoms with Crippen LogP contribution in [0.2, 0.25) is 0 Å². The quantitative estimate of drug-likeness (QED) is 0.757. The summed E-state index contributed by atoms with van der Waals surface area (Å²) in [6.45, 7) is 3.71. The molecule has 3 fully saturated rings. The van der Waals surface area contributed by atoms with Crippen LogP contribution in [-0.4, -0.2) is 34.6 Å². The van der Waals surface area contributed by atoms with Gasteiger partial charge in [0.05, 0.1) is 5.60 Å². The van der Waals surface area contributed by atoms with Crippen LogP contribution >= 0.6 is 0 Å². The molecule has 0 aromatic heterocycles. The number of likely N-dealkylation sites (tertiary alicyclic amines) is 1. The lowest BCUT2D eigenvalue weighted by molar-refractivity contribution is -0.182. The highest BCUT2D eigenvalue weighted by atomic mass is 16.3. The van der Waals surface area contributed by atoms with Gasteiger partial charge in [0.15, 0.2) is 0 Å². The first-order valence-electron chi connectivity index (χ1n) is 7.05. The first kappa shape index (κ1) is 11.5. The zero-order valence-corrected chi connectivity index (χ0v) is 10.7. The number of carbonyl (C=O) groups is 1. The molecule has 3 nitrogen and oxygen atoms in total. The van der Waals surface area contributed by atoms with Gasteiger partial charge in [0.25, 0.3) is 0 Å². The van der Waals surface area contributed by atoms with Crippen LogP contribution in [0.25, 0.3) is 0 Å². The third kappa shape index (κ3) is 1.62. The molecule has 2 saturated carbocycles. The molecule has 96 valence electrons. The maximum Gasteiger partial charge on any atom is 0.225 e. The summed E-state index contributed by atoms with van der Waals surface area (Å²) in [4.78, 5) is 14.2. The second-order valence-corrected chi connectivity index (χ2v) is 6.51. The van der Waals surface area contributed by atoms with Gasteiger partial charge in [0, 0.05) is 24.4 Å². The van der Waals surface area contributed by atoms with Gasteiger partial charge in [-0.15, -0.1) is 0 Å². The Kier molecular flexibility index (Phi) is 2.51. The molecule has 1 amide bonds. The molecule has 1 saturated heterocycles. The first-order chi connectivity index (χ1) is 8.04. The number of nitrogens with zero attached hydrogens (tertiary/aromatic N) is 1. The fourth-order valence-electron chi connectivity index (χ4n) is 3.70. The number of amides is 1. The Morgan fingerprint density at radius 3 is 2.18 bits per heavy atom. The highest BCUT2D eigenvalue weighted by Crippen LogP contribution is 2.56. The minimum atomic E-state index is -0.474. The minimum Gasteiger partial charge on any atom is -0.390 e. The number of piperidine rings is 1. The van der Waals surface area contributed by atoms with Crippen molar-refractivity contribution in [3.05, 3.63) is 0 Å². The molecule has 1 heterocycles. The fraction of sp³-hybridized carbons (Fsp3) is 0.929. The van der Waals surface area contributed by atoms with Gasteiger partial charge in [-0.05, 0) is 45.4 Å². The molecule has 1 atom stereocenters. The molecule has 0 aromatic carbocycles. The van der Waals surface area contributed by atoms with E-state index in [4.69, 9.17) is 0 Å². The van der Waals surface area contributed by atoms with Gasteiger partial charge in [-0.25, -0.2) is 0 Å². The van der Waals surface area contributed by atoms with Crippen molar-refractivity contribution in [1.29, 1.82) is 0 Å². The zero-order chi connectivity index (χ0) is 12.1. The lowest BCUT2D eigenvalue weighted by Gasteiger charge is -2.58. The molecule has 2 aliphatic carbocycles. The molecule has 0 bridgehead atoms. The highest BCUT2D eigenvalue weighted by molar-refractivity contribution is 5.79. The molecule has 3 aliphatic rings. The van der Waals surface area contributed by atoms with Crippen LogP contribution in [0.4, 0.5) is 0 Å². The number of rotatable bonds is 1. The maximum absolute atomic E-state index is 12.1. The summed E-state index contributed by atoms with van der Waals surface area (Å²) < 4.78 is 0. The standard InChI is InChI=1S/C14H23NO2/c1-13(17)5-6-14(13)7-9-15(10-8-14)12(16)11-3-2-4-11/h11,17H,2-10H2,1H3. The van der Waals surface area contributed by atoms with Gasteiger partial charge in [0.2, 0.25) is 5.91 Å². The Morgan fingerprint density at radius 2 is 1.82 bits per heavy atom. The van der Waals surface area contributed by atoms with Gasteiger partial charge in [0.1, 0.15) is 0 Å². The van der Waals surface area contributed by atoms with E-state index in [9.17, 15) is 9.90 Å². The van der Waals surface area contributed by atoms with E-state index in [2.05, 4.69) is 0 Å². The van der Waals surface area contributed by atoms with Crippen molar-refractivity contribution in [2.24, 2.45) is 11.3 Å². The maximum atomic E-state index is 12.1. The van der Waals surface area contributed by atoms with Gasteiger partial charge >= 0.3 is 0 Å². The third-order valence-corrected chi connectivity index (χ3v) is 5.72. The van der Waals surface area contributed by atoms with E-state index >= 15 is 0 Å². The topological polar surface area (TPSA) is 40.5 Å². The predicted molar refractivity (Wildman–Crippen MR) is 65.4 cm³/mol. The van der Waals surface area contributed by atoms with Crippen molar-refractivity contribution < 1.29 is 9.90 Å². The minimum absolute atomic E-state index is 0.128.